The molecule has 0 fully saturated rings. The molecule has 0 aliphatic heterocycles. The monoisotopic (exact) mass is 342 g/mol. The van der Waals surface area contributed by atoms with Gasteiger partial charge in [0, 0.05) is 15.4 Å². The summed E-state index contributed by atoms with van der Waals surface area (Å²) < 4.78 is 0. The first-order chi connectivity index (χ1) is 12.3. The average Bonchev–Trinajstić information content (AvgIpc) is 2.63. The minimum absolute atomic E-state index is 0.178. The molecule has 1 nitrogen and oxygen atoms in total. The summed E-state index contributed by atoms with van der Waals surface area (Å²) >= 11 is 1.71. The minimum Gasteiger partial charge on any atom is -0.293 e. The van der Waals surface area contributed by atoms with Crippen LogP contribution in [0.1, 0.15) is 22.3 Å². The standard InChI is InChI=1S/C23H18OS/c24-22(23(16-7-17-23)19-8-3-1-4-9-19)18-12-14-21(15-13-18)25-20-10-5-2-6-11-20/h1-16H,17H2. The van der Waals surface area contributed by atoms with Gasteiger partial charge in [-0.1, -0.05) is 84.6 Å². The highest BCUT2D eigenvalue weighted by molar-refractivity contribution is 7.99. The van der Waals surface area contributed by atoms with E-state index in [-0.39, 0.29) is 5.78 Å². The van der Waals surface area contributed by atoms with Gasteiger partial charge in [0.15, 0.2) is 5.78 Å². The minimum atomic E-state index is -0.491. The van der Waals surface area contributed by atoms with Gasteiger partial charge in [0.2, 0.25) is 0 Å². The van der Waals surface area contributed by atoms with Crippen molar-refractivity contribution in [3.05, 3.63) is 108 Å². The molecule has 3 aromatic carbocycles. The molecule has 1 unspecified atom stereocenters. The van der Waals surface area contributed by atoms with Crippen LogP contribution in [0.25, 0.3) is 0 Å². The van der Waals surface area contributed by atoms with Crippen LogP contribution in [0.5, 0.6) is 0 Å². The maximum atomic E-state index is 13.2. The fraction of sp³-hybridized carbons (Fsp3) is 0.0870. The van der Waals surface area contributed by atoms with Crippen molar-refractivity contribution in [3.63, 3.8) is 0 Å². The Balaban J connectivity index is 1.58. The molecule has 0 saturated carbocycles. The van der Waals surface area contributed by atoms with E-state index in [1.165, 1.54) is 4.90 Å². The number of hydrogen-bond donors (Lipinski definition) is 0. The topological polar surface area (TPSA) is 17.1 Å². The lowest BCUT2D eigenvalue weighted by molar-refractivity contribution is 0.0907. The number of ketones is 1. The van der Waals surface area contributed by atoms with Crippen LogP contribution >= 0.6 is 11.8 Å². The lowest BCUT2D eigenvalue weighted by Crippen LogP contribution is -2.38. The molecule has 0 heterocycles. The lowest BCUT2D eigenvalue weighted by atomic mass is 9.66. The van der Waals surface area contributed by atoms with E-state index >= 15 is 0 Å². The van der Waals surface area contributed by atoms with E-state index in [0.717, 1.165) is 22.4 Å². The molecule has 4 rings (SSSR count). The van der Waals surface area contributed by atoms with E-state index in [9.17, 15) is 4.79 Å². The Labute approximate surface area is 152 Å². The van der Waals surface area contributed by atoms with Crippen molar-refractivity contribution in [2.24, 2.45) is 0 Å². The van der Waals surface area contributed by atoms with Crippen LogP contribution in [-0.2, 0) is 5.41 Å². The Morgan fingerprint density at radius 3 is 1.88 bits per heavy atom. The van der Waals surface area contributed by atoms with Gasteiger partial charge in [0.25, 0.3) is 0 Å². The van der Waals surface area contributed by atoms with Crippen LogP contribution in [0.2, 0.25) is 0 Å². The Morgan fingerprint density at radius 1 is 0.760 bits per heavy atom. The summed E-state index contributed by atoms with van der Waals surface area (Å²) in [5, 5.41) is 0. The first-order valence-electron chi connectivity index (χ1n) is 8.39. The fourth-order valence-electron chi connectivity index (χ4n) is 3.16. The number of allylic oxidation sites excluding steroid dienone is 2. The molecule has 122 valence electrons. The Morgan fingerprint density at radius 2 is 1.32 bits per heavy atom. The molecule has 25 heavy (non-hydrogen) atoms. The Kier molecular flexibility index (Phi) is 4.29. The van der Waals surface area contributed by atoms with Crippen LogP contribution in [0, 0.1) is 0 Å². The van der Waals surface area contributed by atoms with Gasteiger partial charge < -0.3 is 0 Å². The summed E-state index contributed by atoms with van der Waals surface area (Å²) in [5.41, 5.74) is 1.35. The van der Waals surface area contributed by atoms with Crippen molar-refractivity contribution in [2.75, 3.05) is 0 Å². The predicted octanol–water partition coefficient (Wildman–Crippen LogP) is 5.92. The van der Waals surface area contributed by atoms with E-state index in [2.05, 4.69) is 18.2 Å². The number of Topliss-reactive ketones (excluding diaryl/α,β-unsaturated/α-hetero) is 1. The van der Waals surface area contributed by atoms with E-state index in [1.807, 2.05) is 78.9 Å². The highest BCUT2D eigenvalue weighted by Gasteiger charge is 2.41. The van der Waals surface area contributed by atoms with Crippen molar-refractivity contribution in [1.82, 2.24) is 0 Å². The first-order valence-corrected chi connectivity index (χ1v) is 9.21. The lowest BCUT2D eigenvalue weighted by Gasteiger charge is -2.34. The Hall–Kier alpha value is -2.58. The van der Waals surface area contributed by atoms with Crippen molar-refractivity contribution >= 4 is 17.5 Å². The molecule has 0 radical (unpaired) electrons. The third-order valence-corrected chi connectivity index (χ3v) is 5.65. The molecule has 0 spiro atoms. The molecule has 0 bridgehead atoms. The molecule has 1 aliphatic rings. The number of hydrogen-bond acceptors (Lipinski definition) is 2. The van der Waals surface area contributed by atoms with Gasteiger partial charge in [-0.15, -0.1) is 0 Å². The molecule has 0 saturated heterocycles. The van der Waals surface area contributed by atoms with Gasteiger partial charge in [-0.3, -0.25) is 4.79 Å². The normalized spacial score (nSPS) is 18.6. The van der Waals surface area contributed by atoms with Gasteiger partial charge in [-0.25, -0.2) is 0 Å². The number of carbonyl (C=O) groups is 1. The molecular weight excluding hydrogens is 324 g/mol. The van der Waals surface area contributed by atoms with Crippen LogP contribution in [0.15, 0.2) is 107 Å². The van der Waals surface area contributed by atoms with Crippen molar-refractivity contribution in [3.8, 4) is 0 Å². The molecular formula is C23H18OS. The highest BCUT2D eigenvalue weighted by atomic mass is 32.2. The highest BCUT2D eigenvalue weighted by Crippen LogP contribution is 2.40. The second-order valence-corrected chi connectivity index (χ2v) is 7.36. The summed E-state index contributed by atoms with van der Waals surface area (Å²) in [6.45, 7) is 0. The van der Waals surface area contributed by atoms with E-state index in [1.54, 1.807) is 11.8 Å². The first kappa shape index (κ1) is 15.9. The van der Waals surface area contributed by atoms with E-state index < -0.39 is 5.41 Å². The van der Waals surface area contributed by atoms with E-state index in [4.69, 9.17) is 0 Å². The second-order valence-electron chi connectivity index (χ2n) is 6.21. The zero-order valence-electron chi connectivity index (χ0n) is 13.8. The number of benzene rings is 3. The summed E-state index contributed by atoms with van der Waals surface area (Å²) in [4.78, 5) is 15.5. The van der Waals surface area contributed by atoms with Crippen LogP contribution in [0.4, 0.5) is 0 Å². The third-order valence-electron chi connectivity index (χ3n) is 4.63. The molecule has 1 aliphatic carbocycles. The largest absolute Gasteiger partial charge is 0.293 e. The third kappa shape index (κ3) is 3.06. The van der Waals surface area contributed by atoms with Gasteiger partial charge >= 0.3 is 0 Å². The fourth-order valence-corrected chi connectivity index (χ4v) is 4.00. The van der Waals surface area contributed by atoms with Crippen LogP contribution in [-0.4, -0.2) is 5.78 Å². The van der Waals surface area contributed by atoms with Gasteiger partial charge in [-0.05, 0) is 36.2 Å². The predicted molar refractivity (Wildman–Crippen MR) is 103 cm³/mol. The second kappa shape index (κ2) is 6.73. The molecule has 3 aromatic rings. The van der Waals surface area contributed by atoms with Crippen LogP contribution in [0.3, 0.4) is 0 Å². The molecule has 0 N–H and O–H groups in total. The molecule has 1 atom stereocenters. The summed E-state index contributed by atoms with van der Waals surface area (Å²) in [6, 6.07) is 28.3. The van der Waals surface area contributed by atoms with Crippen molar-refractivity contribution in [1.29, 1.82) is 0 Å². The van der Waals surface area contributed by atoms with Crippen molar-refractivity contribution in [2.45, 2.75) is 21.6 Å². The number of carbonyl (C=O) groups excluding carboxylic acids is 1. The van der Waals surface area contributed by atoms with Crippen LogP contribution < -0.4 is 0 Å². The zero-order valence-corrected chi connectivity index (χ0v) is 14.6. The Bertz CT molecular complexity index is 898. The molecule has 0 amide bonds. The van der Waals surface area contributed by atoms with Gasteiger partial charge in [0.05, 0.1) is 5.41 Å². The number of rotatable bonds is 5. The van der Waals surface area contributed by atoms with Crippen molar-refractivity contribution < 1.29 is 4.79 Å². The summed E-state index contributed by atoms with van der Waals surface area (Å²) in [7, 11) is 0. The maximum Gasteiger partial charge on any atom is 0.177 e. The maximum absolute atomic E-state index is 13.2. The zero-order chi connectivity index (χ0) is 17.1. The van der Waals surface area contributed by atoms with Gasteiger partial charge in [-0.2, -0.15) is 0 Å². The molecule has 2 heteroatoms. The smallest absolute Gasteiger partial charge is 0.177 e. The average molecular weight is 342 g/mol. The summed E-state index contributed by atoms with van der Waals surface area (Å²) in [5.74, 6) is 0.178. The quantitative estimate of drug-likeness (QED) is 0.423. The summed E-state index contributed by atoms with van der Waals surface area (Å²) in [6.07, 6.45) is 4.89. The van der Waals surface area contributed by atoms with Gasteiger partial charge in [0.1, 0.15) is 0 Å². The SMILES string of the molecule is O=C(c1ccc(Sc2ccccc2)cc1)C1(c2ccccc2)C=CC1. The van der Waals surface area contributed by atoms with E-state index in [0.29, 0.717) is 0 Å². The molecule has 0 aromatic heterocycles.